The smallest absolute Gasteiger partial charge is 0.301 e. The van der Waals surface area contributed by atoms with Gasteiger partial charge in [0.2, 0.25) is 0 Å². The molecule has 0 spiro atoms. The SMILES string of the molecule is Cc1cc(/C(O)=C2\C(=O)C(=O)N(c3nc4c(F)cc(F)cc4s3)C2c2ccc(O)cc2)ccc1OCC(C)C. The Morgan fingerprint density at radius 2 is 1.82 bits per heavy atom. The second-order valence-electron chi connectivity index (χ2n) is 9.68. The summed E-state index contributed by atoms with van der Waals surface area (Å²) in [6, 6.07) is 11.4. The largest absolute Gasteiger partial charge is 0.508 e. The molecule has 0 aliphatic carbocycles. The molecule has 1 unspecified atom stereocenters. The molecule has 2 N–H and O–H groups in total. The summed E-state index contributed by atoms with van der Waals surface area (Å²) in [7, 11) is 0. The summed E-state index contributed by atoms with van der Waals surface area (Å²) >= 11 is 0.844. The molecule has 1 aromatic heterocycles. The summed E-state index contributed by atoms with van der Waals surface area (Å²) in [6.45, 7) is 6.35. The summed E-state index contributed by atoms with van der Waals surface area (Å²) in [4.78, 5) is 32.0. The van der Waals surface area contributed by atoms with E-state index < -0.39 is 35.1 Å². The van der Waals surface area contributed by atoms with Gasteiger partial charge in [0.25, 0.3) is 5.78 Å². The maximum absolute atomic E-state index is 14.4. The Kier molecular flexibility index (Phi) is 6.82. The number of thiazole rings is 1. The molecule has 200 valence electrons. The number of amides is 1. The number of hydrogen-bond acceptors (Lipinski definition) is 7. The number of aryl methyl sites for hydroxylation is 1. The van der Waals surface area contributed by atoms with Gasteiger partial charge in [-0.3, -0.25) is 14.5 Å². The molecule has 2 heterocycles. The maximum Gasteiger partial charge on any atom is 0.301 e. The fourth-order valence-electron chi connectivity index (χ4n) is 4.42. The van der Waals surface area contributed by atoms with E-state index in [-0.39, 0.29) is 26.7 Å². The lowest BCUT2D eigenvalue weighted by molar-refractivity contribution is -0.132. The number of aromatic hydroxyl groups is 1. The molecule has 39 heavy (non-hydrogen) atoms. The molecule has 1 atom stereocenters. The molecule has 4 aromatic rings. The van der Waals surface area contributed by atoms with E-state index in [1.807, 2.05) is 13.8 Å². The summed E-state index contributed by atoms with van der Waals surface area (Å²) < 4.78 is 34.2. The number of carbonyl (C=O) groups excluding carboxylic acids is 2. The van der Waals surface area contributed by atoms with Gasteiger partial charge in [-0.05, 0) is 60.4 Å². The van der Waals surface area contributed by atoms with E-state index in [9.17, 15) is 28.6 Å². The monoisotopic (exact) mass is 550 g/mol. The van der Waals surface area contributed by atoms with Crippen LogP contribution in [0.3, 0.4) is 0 Å². The van der Waals surface area contributed by atoms with Crippen LogP contribution in [-0.4, -0.2) is 33.5 Å². The number of fused-ring (bicyclic) bond motifs is 1. The van der Waals surface area contributed by atoms with Gasteiger partial charge in [-0.25, -0.2) is 13.8 Å². The van der Waals surface area contributed by atoms with Crippen molar-refractivity contribution in [2.24, 2.45) is 5.92 Å². The first-order valence-electron chi connectivity index (χ1n) is 12.1. The molecule has 1 fully saturated rings. The van der Waals surface area contributed by atoms with Gasteiger partial charge in [-0.1, -0.05) is 37.3 Å². The summed E-state index contributed by atoms with van der Waals surface area (Å²) in [5.41, 5.74) is 1.07. The van der Waals surface area contributed by atoms with Crippen LogP contribution in [0.5, 0.6) is 11.5 Å². The number of phenolic OH excluding ortho intramolecular Hbond substituents is 1. The van der Waals surface area contributed by atoms with Gasteiger partial charge in [0.15, 0.2) is 10.9 Å². The Hall–Kier alpha value is -4.31. The average Bonchev–Trinajstić information content (AvgIpc) is 3.42. The molecule has 0 saturated carbocycles. The van der Waals surface area contributed by atoms with E-state index in [1.54, 1.807) is 25.1 Å². The van der Waals surface area contributed by atoms with E-state index in [0.717, 1.165) is 27.9 Å². The minimum absolute atomic E-state index is 0.0395. The van der Waals surface area contributed by atoms with E-state index in [4.69, 9.17) is 4.74 Å². The molecular weight excluding hydrogens is 526 g/mol. The van der Waals surface area contributed by atoms with Crippen molar-refractivity contribution < 1.29 is 33.3 Å². The predicted octanol–water partition coefficient (Wildman–Crippen LogP) is 6.25. The Morgan fingerprint density at radius 3 is 2.49 bits per heavy atom. The Bertz CT molecular complexity index is 1650. The Balaban J connectivity index is 1.66. The highest BCUT2D eigenvalue weighted by atomic mass is 32.1. The lowest BCUT2D eigenvalue weighted by Crippen LogP contribution is -2.29. The number of aromatic nitrogens is 1. The van der Waals surface area contributed by atoms with Crippen molar-refractivity contribution in [3.8, 4) is 11.5 Å². The van der Waals surface area contributed by atoms with Gasteiger partial charge < -0.3 is 14.9 Å². The molecule has 5 rings (SSSR count). The van der Waals surface area contributed by atoms with Crippen molar-refractivity contribution in [3.05, 3.63) is 88.5 Å². The predicted molar refractivity (Wildman–Crippen MR) is 144 cm³/mol. The van der Waals surface area contributed by atoms with E-state index in [0.29, 0.717) is 35.5 Å². The first-order valence-corrected chi connectivity index (χ1v) is 13.0. The van der Waals surface area contributed by atoms with Crippen LogP contribution >= 0.6 is 11.3 Å². The number of benzene rings is 3. The highest BCUT2D eigenvalue weighted by Gasteiger charge is 2.48. The van der Waals surface area contributed by atoms with Crippen LogP contribution in [-0.2, 0) is 9.59 Å². The van der Waals surface area contributed by atoms with Crippen LogP contribution in [0.4, 0.5) is 13.9 Å². The van der Waals surface area contributed by atoms with Gasteiger partial charge in [0.1, 0.15) is 28.6 Å². The zero-order chi connectivity index (χ0) is 28.0. The Morgan fingerprint density at radius 1 is 1.10 bits per heavy atom. The minimum atomic E-state index is -1.14. The second-order valence-corrected chi connectivity index (χ2v) is 10.7. The molecule has 7 nitrogen and oxygen atoms in total. The van der Waals surface area contributed by atoms with Crippen molar-refractivity contribution in [2.75, 3.05) is 11.5 Å². The zero-order valence-electron chi connectivity index (χ0n) is 21.2. The number of nitrogens with zero attached hydrogens (tertiary/aromatic N) is 2. The average molecular weight is 551 g/mol. The second kappa shape index (κ2) is 10.1. The third-order valence-electron chi connectivity index (χ3n) is 6.28. The van der Waals surface area contributed by atoms with Gasteiger partial charge in [0, 0.05) is 11.6 Å². The number of aliphatic hydroxyl groups is 1. The summed E-state index contributed by atoms with van der Waals surface area (Å²) in [5.74, 6) is -3.17. The number of hydrogen-bond donors (Lipinski definition) is 2. The van der Waals surface area contributed by atoms with E-state index >= 15 is 0 Å². The lowest BCUT2D eigenvalue weighted by atomic mass is 9.95. The van der Waals surface area contributed by atoms with Crippen LogP contribution in [0.2, 0.25) is 0 Å². The molecule has 1 amide bonds. The van der Waals surface area contributed by atoms with Crippen LogP contribution in [0.25, 0.3) is 16.0 Å². The summed E-state index contributed by atoms with van der Waals surface area (Å²) in [5, 5.41) is 21.2. The molecule has 1 aliphatic rings. The number of ether oxygens (including phenoxy) is 1. The molecular formula is C29H24F2N2O5S. The van der Waals surface area contributed by atoms with Gasteiger partial charge in [-0.2, -0.15) is 0 Å². The van der Waals surface area contributed by atoms with Crippen molar-refractivity contribution in [1.29, 1.82) is 0 Å². The molecule has 0 radical (unpaired) electrons. The maximum atomic E-state index is 14.4. The fourth-order valence-corrected chi connectivity index (χ4v) is 5.45. The quantitative estimate of drug-likeness (QED) is 0.167. The molecule has 1 saturated heterocycles. The third-order valence-corrected chi connectivity index (χ3v) is 7.28. The van der Waals surface area contributed by atoms with Crippen molar-refractivity contribution in [1.82, 2.24) is 4.98 Å². The Labute approximate surface area is 226 Å². The fraction of sp³-hybridized carbons (Fsp3) is 0.207. The summed E-state index contributed by atoms with van der Waals surface area (Å²) in [6.07, 6.45) is 0. The molecule has 10 heteroatoms. The van der Waals surface area contributed by atoms with Crippen LogP contribution in [0.1, 0.15) is 36.6 Å². The third kappa shape index (κ3) is 4.83. The standard InChI is InChI=1S/C29H24F2N2O5S/c1-14(2)13-38-21-9-6-17(10-15(21)3)26(35)23-25(16-4-7-19(34)8-5-16)33(28(37)27(23)36)29-32-24-20(31)11-18(30)12-22(24)39-29/h4-12,14,25,34-35H,13H2,1-3H3/b26-23+. The number of anilines is 1. The first kappa shape index (κ1) is 26.3. The number of carbonyl (C=O) groups is 2. The molecule has 0 bridgehead atoms. The minimum Gasteiger partial charge on any atom is -0.508 e. The van der Waals surface area contributed by atoms with Gasteiger partial charge in [0.05, 0.1) is 22.9 Å². The number of aliphatic hydroxyl groups excluding tert-OH is 1. The first-order chi connectivity index (χ1) is 18.5. The number of ketones is 1. The van der Waals surface area contributed by atoms with E-state index in [1.165, 1.54) is 24.3 Å². The van der Waals surface area contributed by atoms with Crippen molar-refractivity contribution in [3.63, 3.8) is 0 Å². The normalized spacial score (nSPS) is 17.0. The number of halogens is 2. The number of rotatable bonds is 6. The van der Waals surface area contributed by atoms with Crippen LogP contribution in [0, 0.1) is 24.5 Å². The van der Waals surface area contributed by atoms with Crippen LogP contribution < -0.4 is 9.64 Å². The topological polar surface area (TPSA) is 100.0 Å². The van der Waals surface area contributed by atoms with Crippen molar-refractivity contribution >= 4 is 44.1 Å². The van der Waals surface area contributed by atoms with Gasteiger partial charge in [-0.15, -0.1) is 0 Å². The highest BCUT2D eigenvalue weighted by Crippen LogP contribution is 2.45. The molecule has 3 aromatic carbocycles. The number of phenols is 1. The zero-order valence-corrected chi connectivity index (χ0v) is 22.1. The number of Topliss-reactive ketones (excluding diaryl/α,β-unsaturated/α-hetero) is 1. The molecule has 1 aliphatic heterocycles. The van der Waals surface area contributed by atoms with Crippen LogP contribution in [0.15, 0.2) is 60.2 Å². The lowest BCUT2D eigenvalue weighted by Gasteiger charge is -2.23. The van der Waals surface area contributed by atoms with E-state index in [2.05, 4.69) is 4.98 Å². The van der Waals surface area contributed by atoms with Crippen molar-refractivity contribution in [2.45, 2.75) is 26.8 Å². The van der Waals surface area contributed by atoms with Gasteiger partial charge >= 0.3 is 5.91 Å². The highest BCUT2D eigenvalue weighted by molar-refractivity contribution is 7.22.